The molecule has 0 bridgehead atoms. The summed E-state index contributed by atoms with van der Waals surface area (Å²) in [6.45, 7) is 4.89. The second kappa shape index (κ2) is 6.91. The Balaban J connectivity index is 1.45. The summed E-state index contributed by atoms with van der Waals surface area (Å²) in [6, 6.07) is 0. The van der Waals surface area contributed by atoms with Crippen molar-refractivity contribution in [1.29, 1.82) is 0 Å². The zero-order chi connectivity index (χ0) is 16.1. The zero-order valence-electron chi connectivity index (χ0n) is 14.6. The minimum atomic E-state index is 0.548. The second-order valence-corrected chi connectivity index (χ2v) is 11.6. The van der Waals surface area contributed by atoms with Crippen LogP contribution in [-0.2, 0) is 4.74 Å². The molecule has 0 spiro atoms. The fourth-order valence-corrected chi connectivity index (χ4v) is 8.25. The van der Waals surface area contributed by atoms with E-state index in [0.717, 1.165) is 45.2 Å². The van der Waals surface area contributed by atoms with Crippen LogP contribution in [0.2, 0.25) is 0 Å². The molecule has 10 atom stereocenters. The first kappa shape index (κ1) is 17.3. The van der Waals surface area contributed by atoms with Crippen molar-refractivity contribution in [2.45, 2.75) is 87.1 Å². The molecule has 132 valence electrons. The molecule has 0 aromatic carbocycles. The Bertz CT molecular complexity index is 390. The van der Waals surface area contributed by atoms with E-state index in [4.69, 9.17) is 4.74 Å². The van der Waals surface area contributed by atoms with Gasteiger partial charge in [-0.15, -0.1) is 0 Å². The normalized spacial score (nSPS) is 56.3. The molecule has 4 aliphatic rings. The summed E-state index contributed by atoms with van der Waals surface area (Å²) in [5.41, 5.74) is 0. The fraction of sp³-hybridized carbons (Fsp3) is 1.00. The molecule has 4 rings (SSSR count). The first-order valence-electron chi connectivity index (χ1n) is 9.96. The van der Waals surface area contributed by atoms with Crippen LogP contribution in [0, 0.1) is 35.5 Å². The van der Waals surface area contributed by atoms with Gasteiger partial charge < -0.3 is 4.74 Å². The Labute approximate surface area is 158 Å². The molecule has 1 nitrogen and oxygen atoms in total. The third-order valence-electron chi connectivity index (χ3n) is 7.49. The van der Waals surface area contributed by atoms with E-state index in [1.54, 1.807) is 0 Å². The van der Waals surface area contributed by atoms with Crippen LogP contribution in [0.25, 0.3) is 0 Å². The van der Waals surface area contributed by atoms with Gasteiger partial charge in [0.15, 0.2) is 0 Å². The maximum absolute atomic E-state index is 6.91. The topological polar surface area (TPSA) is 9.23 Å². The number of halogens is 2. The highest BCUT2D eigenvalue weighted by Crippen LogP contribution is 2.52. The molecule has 0 radical (unpaired) electrons. The van der Waals surface area contributed by atoms with Crippen molar-refractivity contribution in [1.82, 2.24) is 0 Å². The average molecular weight is 448 g/mol. The van der Waals surface area contributed by atoms with Crippen LogP contribution in [0.4, 0.5) is 0 Å². The lowest BCUT2D eigenvalue weighted by atomic mass is 9.77. The lowest BCUT2D eigenvalue weighted by Gasteiger charge is -2.43. The van der Waals surface area contributed by atoms with Gasteiger partial charge in [-0.1, -0.05) is 45.7 Å². The molecular formula is C20H32Br2O. The van der Waals surface area contributed by atoms with Crippen molar-refractivity contribution in [3.05, 3.63) is 0 Å². The fourth-order valence-electron chi connectivity index (χ4n) is 6.50. The Kier molecular flexibility index (Phi) is 5.21. The summed E-state index contributed by atoms with van der Waals surface area (Å²) in [5, 5.41) is 0. The van der Waals surface area contributed by atoms with E-state index in [-0.39, 0.29) is 0 Å². The Morgan fingerprint density at radius 1 is 0.609 bits per heavy atom. The number of fused-ring (bicyclic) bond motifs is 2. The van der Waals surface area contributed by atoms with Gasteiger partial charge in [-0.25, -0.2) is 0 Å². The standard InChI is InChI=1S/C20H32Br2O/c1-11-7-13-15(9-11)19(5-3-17(13)21)23-20-6-4-18(22)14-8-12(2)10-16(14)20/h11-20H,3-10H2,1-2H3. The van der Waals surface area contributed by atoms with Gasteiger partial charge in [-0.05, 0) is 86.9 Å². The molecule has 4 aliphatic carbocycles. The Hall–Kier alpha value is 0.920. The number of ether oxygens (including phenoxy) is 1. The maximum atomic E-state index is 6.91. The van der Waals surface area contributed by atoms with Crippen molar-refractivity contribution in [2.24, 2.45) is 35.5 Å². The van der Waals surface area contributed by atoms with Crippen molar-refractivity contribution >= 4 is 31.9 Å². The first-order chi connectivity index (χ1) is 11.0. The van der Waals surface area contributed by atoms with Gasteiger partial charge >= 0.3 is 0 Å². The van der Waals surface area contributed by atoms with Crippen molar-refractivity contribution < 1.29 is 4.74 Å². The third kappa shape index (κ3) is 3.33. The Morgan fingerprint density at radius 3 is 1.43 bits per heavy atom. The molecule has 0 aliphatic heterocycles. The molecule has 0 amide bonds. The lowest BCUT2D eigenvalue weighted by molar-refractivity contribution is -0.107. The van der Waals surface area contributed by atoms with E-state index >= 15 is 0 Å². The summed E-state index contributed by atoms with van der Waals surface area (Å²) in [6.07, 6.45) is 11.9. The van der Waals surface area contributed by atoms with Gasteiger partial charge in [0.1, 0.15) is 0 Å². The number of hydrogen-bond donors (Lipinski definition) is 0. The number of rotatable bonds is 2. The van der Waals surface area contributed by atoms with Gasteiger partial charge in [0.25, 0.3) is 0 Å². The predicted molar refractivity (Wildman–Crippen MR) is 103 cm³/mol. The van der Waals surface area contributed by atoms with E-state index < -0.39 is 0 Å². The van der Waals surface area contributed by atoms with Gasteiger partial charge in [0.05, 0.1) is 12.2 Å². The highest BCUT2D eigenvalue weighted by molar-refractivity contribution is 9.09. The molecule has 0 N–H and O–H groups in total. The van der Waals surface area contributed by atoms with Gasteiger partial charge in [-0.2, -0.15) is 0 Å². The first-order valence-corrected chi connectivity index (χ1v) is 11.8. The summed E-state index contributed by atoms with van der Waals surface area (Å²) in [5.74, 6) is 5.17. The maximum Gasteiger partial charge on any atom is 0.0610 e. The van der Waals surface area contributed by atoms with Crippen LogP contribution in [0.1, 0.15) is 65.2 Å². The van der Waals surface area contributed by atoms with Crippen LogP contribution in [0.3, 0.4) is 0 Å². The molecule has 0 aromatic heterocycles. The van der Waals surface area contributed by atoms with Crippen LogP contribution in [-0.4, -0.2) is 21.9 Å². The molecule has 0 heterocycles. The zero-order valence-corrected chi connectivity index (χ0v) is 17.8. The van der Waals surface area contributed by atoms with Crippen LogP contribution < -0.4 is 0 Å². The van der Waals surface area contributed by atoms with Crippen LogP contribution in [0.5, 0.6) is 0 Å². The number of alkyl halides is 2. The van der Waals surface area contributed by atoms with Gasteiger partial charge in [0, 0.05) is 9.65 Å². The van der Waals surface area contributed by atoms with E-state index in [0.29, 0.717) is 12.2 Å². The lowest BCUT2D eigenvalue weighted by Crippen LogP contribution is -2.44. The summed E-state index contributed by atoms with van der Waals surface area (Å²) in [4.78, 5) is 1.49. The van der Waals surface area contributed by atoms with Crippen molar-refractivity contribution in [3.8, 4) is 0 Å². The summed E-state index contributed by atoms with van der Waals surface area (Å²) < 4.78 is 6.91. The van der Waals surface area contributed by atoms with Gasteiger partial charge in [0.2, 0.25) is 0 Å². The van der Waals surface area contributed by atoms with E-state index in [1.807, 2.05) is 0 Å². The smallest absolute Gasteiger partial charge is 0.0610 e. The highest BCUT2D eigenvalue weighted by Gasteiger charge is 2.48. The summed E-state index contributed by atoms with van der Waals surface area (Å²) in [7, 11) is 0. The molecule has 23 heavy (non-hydrogen) atoms. The second-order valence-electron chi connectivity index (χ2n) is 9.21. The van der Waals surface area contributed by atoms with E-state index in [2.05, 4.69) is 45.7 Å². The molecular weight excluding hydrogens is 416 g/mol. The molecule has 4 saturated carbocycles. The average Bonchev–Trinajstić information content (AvgIpc) is 3.08. The monoisotopic (exact) mass is 446 g/mol. The molecule has 4 fully saturated rings. The third-order valence-corrected chi connectivity index (χ3v) is 9.76. The minimum Gasteiger partial charge on any atom is -0.374 e. The molecule has 0 saturated heterocycles. The van der Waals surface area contributed by atoms with E-state index in [1.165, 1.54) is 51.4 Å². The minimum absolute atomic E-state index is 0.548. The Morgan fingerprint density at radius 2 is 1.00 bits per heavy atom. The SMILES string of the molecule is CC1CC2C(Br)CCC(OC3CCC(Br)C4CC(C)CC34)C2C1. The predicted octanol–water partition coefficient (Wildman–Crippen LogP) is 6.18. The number of hydrogen-bond acceptors (Lipinski definition) is 1. The van der Waals surface area contributed by atoms with Gasteiger partial charge in [-0.3, -0.25) is 0 Å². The van der Waals surface area contributed by atoms with Crippen molar-refractivity contribution in [3.63, 3.8) is 0 Å². The quantitative estimate of drug-likeness (QED) is 0.459. The molecule has 0 aromatic rings. The largest absolute Gasteiger partial charge is 0.374 e. The molecule has 10 unspecified atom stereocenters. The van der Waals surface area contributed by atoms with E-state index in [9.17, 15) is 0 Å². The highest BCUT2D eigenvalue weighted by atomic mass is 79.9. The van der Waals surface area contributed by atoms with Crippen molar-refractivity contribution in [2.75, 3.05) is 0 Å². The van der Waals surface area contributed by atoms with Crippen LogP contribution in [0.15, 0.2) is 0 Å². The van der Waals surface area contributed by atoms with Crippen LogP contribution >= 0.6 is 31.9 Å². The summed E-state index contributed by atoms with van der Waals surface area (Å²) >= 11 is 7.95. The molecule has 3 heteroatoms.